The van der Waals surface area contributed by atoms with Gasteiger partial charge in [0, 0.05) is 24.7 Å². The molecule has 0 saturated heterocycles. The van der Waals surface area contributed by atoms with Gasteiger partial charge < -0.3 is 26.6 Å². The summed E-state index contributed by atoms with van der Waals surface area (Å²) in [5.41, 5.74) is 1.53. The summed E-state index contributed by atoms with van der Waals surface area (Å²) in [6, 6.07) is 13.8. The predicted octanol–water partition coefficient (Wildman–Crippen LogP) is 2.36. The Morgan fingerprint density at radius 1 is 0.690 bits per heavy atom. The predicted molar refractivity (Wildman–Crippen MR) is 163 cm³/mol. The van der Waals surface area contributed by atoms with Crippen LogP contribution in [0.3, 0.4) is 0 Å². The number of nitrogens with one attached hydrogen (secondary N) is 5. The number of hydrogen-bond acceptors (Lipinski definition) is 6. The largest absolute Gasteiger partial charge is 0.355 e. The minimum atomic E-state index is -0.995. The maximum atomic E-state index is 12.1. The van der Waals surface area contributed by atoms with E-state index in [0.29, 0.717) is 16.7 Å². The van der Waals surface area contributed by atoms with Gasteiger partial charge in [-0.2, -0.15) is 0 Å². The molecular weight excluding hydrogens is 538 g/mol. The summed E-state index contributed by atoms with van der Waals surface area (Å²) in [5.74, 6) is -2.86. The summed E-state index contributed by atoms with van der Waals surface area (Å²) in [6.45, 7) is 11.3. The molecule has 0 spiro atoms. The Morgan fingerprint density at radius 3 is 1.74 bits per heavy atom. The molecule has 2 aromatic rings. The van der Waals surface area contributed by atoms with Gasteiger partial charge in [0.2, 0.25) is 17.6 Å². The minimum Gasteiger partial charge on any atom is -0.355 e. The van der Waals surface area contributed by atoms with Gasteiger partial charge in [-0.3, -0.25) is 28.8 Å². The minimum absolute atomic E-state index is 0.0632. The maximum absolute atomic E-state index is 12.1. The lowest BCUT2D eigenvalue weighted by atomic mass is 10.1. The molecule has 11 nitrogen and oxygen atoms in total. The van der Waals surface area contributed by atoms with Gasteiger partial charge in [-0.1, -0.05) is 71.4 Å². The molecule has 0 aliphatic rings. The van der Waals surface area contributed by atoms with E-state index in [2.05, 4.69) is 61.2 Å². The molecule has 2 aromatic carbocycles. The highest BCUT2D eigenvalue weighted by Gasteiger charge is 2.19. The monoisotopic (exact) mass is 583 g/mol. The van der Waals surface area contributed by atoms with Gasteiger partial charge in [0.15, 0.2) is 0 Å². The van der Waals surface area contributed by atoms with E-state index < -0.39 is 42.0 Å². The first-order valence-corrected chi connectivity index (χ1v) is 13.9. The summed E-state index contributed by atoms with van der Waals surface area (Å²) >= 11 is 0. The number of rotatable bonds is 11. The Balaban J connectivity index is 0.00000216. The zero-order chi connectivity index (χ0) is 32.1. The molecule has 5 amide bonds. The van der Waals surface area contributed by atoms with Crippen molar-refractivity contribution in [3.05, 3.63) is 71.3 Å². The van der Waals surface area contributed by atoms with E-state index in [-0.39, 0.29) is 19.0 Å². The summed E-state index contributed by atoms with van der Waals surface area (Å²) in [5, 5.41) is 12.1. The maximum Gasteiger partial charge on any atom is 0.289 e. The van der Waals surface area contributed by atoms with Crippen LogP contribution in [0.5, 0.6) is 0 Å². The zero-order valence-corrected chi connectivity index (χ0v) is 25.6. The highest BCUT2D eigenvalue weighted by atomic mass is 16.2. The SMILES string of the molecule is CC(C)C.CCC.CNC(=O)c1ccc(CNC(=O)C(=O)CNC(=O)[C@H](C)NC(=O)CNC(=O)c2ccccc2)cc1. The van der Waals surface area contributed by atoms with E-state index in [1.165, 1.54) is 20.4 Å². The van der Waals surface area contributed by atoms with Crippen molar-refractivity contribution in [2.75, 3.05) is 20.1 Å². The lowest BCUT2D eigenvalue weighted by Gasteiger charge is -2.14. The van der Waals surface area contributed by atoms with Crippen LogP contribution in [0.2, 0.25) is 0 Å². The fraction of sp³-hybridized carbons (Fsp3) is 0.419. The molecule has 0 aliphatic heterocycles. The number of hydrogen-bond donors (Lipinski definition) is 5. The first kappa shape index (κ1) is 37.5. The van der Waals surface area contributed by atoms with Gasteiger partial charge in [-0.05, 0) is 42.7 Å². The molecule has 0 heterocycles. The third kappa shape index (κ3) is 16.5. The number of ketones is 1. The van der Waals surface area contributed by atoms with E-state index in [4.69, 9.17) is 0 Å². The molecule has 42 heavy (non-hydrogen) atoms. The van der Waals surface area contributed by atoms with Crippen molar-refractivity contribution in [2.45, 2.75) is 60.5 Å². The number of Topliss-reactive ketones (excluding diaryl/α,β-unsaturated/α-hetero) is 1. The van der Waals surface area contributed by atoms with Crippen molar-refractivity contribution < 1.29 is 28.8 Å². The van der Waals surface area contributed by atoms with Crippen molar-refractivity contribution >= 4 is 35.3 Å². The molecule has 0 aromatic heterocycles. The molecule has 0 aliphatic carbocycles. The number of carbonyl (C=O) groups excluding carboxylic acids is 6. The summed E-state index contributed by atoms with van der Waals surface area (Å²) < 4.78 is 0. The van der Waals surface area contributed by atoms with Crippen LogP contribution in [-0.2, 0) is 25.7 Å². The van der Waals surface area contributed by atoms with E-state index in [1.54, 1.807) is 54.6 Å². The van der Waals surface area contributed by atoms with Crippen molar-refractivity contribution in [1.82, 2.24) is 26.6 Å². The smallest absolute Gasteiger partial charge is 0.289 e. The second-order valence-electron chi connectivity index (χ2n) is 9.88. The van der Waals surface area contributed by atoms with Gasteiger partial charge in [0.1, 0.15) is 6.04 Å². The summed E-state index contributed by atoms with van der Waals surface area (Å²) in [6.07, 6.45) is 1.25. The van der Waals surface area contributed by atoms with Gasteiger partial charge in [-0.25, -0.2) is 0 Å². The lowest BCUT2D eigenvalue weighted by molar-refractivity contribution is -0.138. The van der Waals surface area contributed by atoms with Crippen LogP contribution >= 0.6 is 0 Å². The first-order valence-electron chi connectivity index (χ1n) is 13.9. The summed E-state index contributed by atoms with van der Waals surface area (Å²) in [4.78, 5) is 71.5. The first-order chi connectivity index (χ1) is 19.9. The third-order valence-electron chi connectivity index (χ3n) is 4.79. The Kier molecular flexibility index (Phi) is 18.9. The average Bonchev–Trinajstić information content (AvgIpc) is 2.97. The van der Waals surface area contributed by atoms with Crippen LogP contribution in [-0.4, -0.2) is 61.5 Å². The van der Waals surface area contributed by atoms with E-state index in [1.807, 2.05) is 0 Å². The van der Waals surface area contributed by atoms with Gasteiger partial charge in [0.25, 0.3) is 17.7 Å². The molecule has 0 unspecified atom stereocenters. The van der Waals surface area contributed by atoms with E-state index >= 15 is 0 Å². The molecule has 11 heteroatoms. The van der Waals surface area contributed by atoms with Crippen LogP contribution in [0.25, 0.3) is 0 Å². The van der Waals surface area contributed by atoms with Gasteiger partial charge >= 0.3 is 0 Å². The number of carbonyl (C=O) groups is 6. The molecular formula is C31H45N5O6. The molecule has 2 rings (SSSR count). The van der Waals surface area contributed by atoms with Crippen molar-refractivity contribution in [2.24, 2.45) is 5.92 Å². The van der Waals surface area contributed by atoms with Gasteiger partial charge in [0.05, 0.1) is 13.1 Å². The Labute approximate surface area is 248 Å². The van der Waals surface area contributed by atoms with Crippen LogP contribution < -0.4 is 26.6 Å². The van der Waals surface area contributed by atoms with Crippen molar-refractivity contribution in [3.63, 3.8) is 0 Å². The fourth-order valence-corrected chi connectivity index (χ4v) is 2.81. The Morgan fingerprint density at radius 2 is 1.21 bits per heavy atom. The summed E-state index contributed by atoms with van der Waals surface area (Å²) in [7, 11) is 1.52. The average molecular weight is 584 g/mol. The molecule has 0 fully saturated rings. The Bertz CT molecular complexity index is 1150. The molecule has 5 N–H and O–H groups in total. The normalized spacial score (nSPS) is 10.4. The molecule has 0 saturated carbocycles. The van der Waals surface area contributed by atoms with E-state index in [0.717, 1.165) is 5.92 Å². The van der Waals surface area contributed by atoms with Crippen molar-refractivity contribution in [3.8, 4) is 0 Å². The standard InChI is InChI=1S/C24H27N5O6.C4H10.C3H8/c1-15(29-20(31)14-28-23(34)17-6-4-3-5-7-17)21(32)27-13-19(30)24(35)26-12-16-8-10-18(11-9-16)22(33)25-2;1-4(2)3;1-3-2/h3-11,15H,12-14H2,1-2H3,(H,25,33)(H,26,35)(H,27,32)(H,28,34)(H,29,31);4H,1-3H3;3H2,1-2H3/t15-;;/m0../s1. The molecule has 230 valence electrons. The van der Waals surface area contributed by atoms with E-state index in [9.17, 15) is 28.8 Å². The Hall–Kier alpha value is -4.54. The van der Waals surface area contributed by atoms with Crippen molar-refractivity contribution in [1.29, 1.82) is 0 Å². The zero-order valence-electron chi connectivity index (χ0n) is 25.6. The highest BCUT2D eigenvalue weighted by molar-refractivity contribution is 6.37. The fourth-order valence-electron chi connectivity index (χ4n) is 2.81. The topological polar surface area (TPSA) is 163 Å². The quantitative estimate of drug-likeness (QED) is 0.255. The highest BCUT2D eigenvalue weighted by Crippen LogP contribution is 2.04. The second kappa shape index (κ2) is 21.2. The third-order valence-corrected chi connectivity index (χ3v) is 4.79. The van der Waals surface area contributed by atoms with Crippen LogP contribution in [0.4, 0.5) is 0 Å². The molecule has 1 atom stereocenters. The van der Waals surface area contributed by atoms with Gasteiger partial charge in [-0.15, -0.1) is 0 Å². The number of amides is 5. The molecule has 0 bridgehead atoms. The molecule has 0 radical (unpaired) electrons. The number of benzene rings is 2. The van der Waals surface area contributed by atoms with Crippen LogP contribution in [0.1, 0.15) is 74.2 Å². The second-order valence-corrected chi connectivity index (χ2v) is 9.88. The van der Waals surface area contributed by atoms with Crippen LogP contribution in [0.15, 0.2) is 54.6 Å². The van der Waals surface area contributed by atoms with Crippen LogP contribution in [0, 0.1) is 5.92 Å². The lowest BCUT2D eigenvalue weighted by Crippen LogP contribution is -2.49.